The van der Waals surface area contributed by atoms with Crippen molar-refractivity contribution in [2.24, 2.45) is 0 Å². The maximum absolute atomic E-state index is 12.9. The van der Waals surface area contributed by atoms with Crippen molar-refractivity contribution in [3.05, 3.63) is 59.7 Å². The van der Waals surface area contributed by atoms with Gasteiger partial charge in [-0.25, -0.2) is 8.42 Å². The lowest BCUT2D eigenvalue weighted by Crippen LogP contribution is -2.48. The average molecular weight is 405 g/mol. The summed E-state index contributed by atoms with van der Waals surface area (Å²) in [5.74, 6) is 0.279. The fourth-order valence-corrected chi connectivity index (χ4v) is 4.30. The summed E-state index contributed by atoms with van der Waals surface area (Å²) >= 11 is 0. The minimum absolute atomic E-state index is 0.338. The highest BCUT2D eigenvalue weighted by molar-refractivity contribution is 7.92. The molecule has 2 aromatic carbocycles. The van der Waals surface area contributed by atoms with Crippen molar-refractivity contribution < 1.29 is 17.9 Å². The predicted octanol–water partition coefficient (Wildman–Crippen LogP) is 3.29. The van der Waals surface area contributed by atoms with E-state index in [-0.39, 0.29) is 11.9 Å². The van der Waals surface area contributed by atoms with Gasteiger partial charge in [-0.15, -0.1) is 0 Å². The highest BCUT2D eigenvalue weighted by atomic mass is 32.2. The molecule has 2 unspecified atom stereocenters. The predicted molar refractivity (Wildman–Crippen MR) is 112 cm³/mol. The molecular formula is C21H28N2O4S. The number of anilines is 1. The van der Waals surface area contributed by atoms with E-state index in [1.807, 2.05) is 50.2 Å². The number of rotatable bonds is 8. The van der Waals surface area contributed by atoms with Crippen molar-refractivity contribution in [3.63, 3.8) is 0 Å². The third-order valence-corrected chi connectivity index (χ3v) is 5.89. The molecule has 1 N–H and O–H groups in total. The van der Waals surface area contributed by atoms with Gasteiger partial charge in [0.15, 0.2) is 0 Å². The first-order chi connectivity index (χ1) is 13.2. The van der Waals surface area contributed by atoms with Crippen LogP contribution >= 0.6 is 0 Å². The summed E-state index contributed by atoms with van der Waals surface area (Å²) in [6.45, 7) is 5.45. The monoisotopic (exact) mass is 404 g/mol. The van der Waals surface area contributed by atoms with Crippen molar-refractivity contribution >= 4 is 21.6 Å². The van der Waals surface area contributed by atoms with Crippen molar-refractivity contribution in [1.29, 1.82) is 0 Å². The number of hydrogen-bond acceptors (Lipinski definition) is 4. The van der Waals surface area contributed by atoms with E-state index < -0.39 is 16.1 Å². The molecule has 0 spiro atoms. The molecular weight excluding hydrogens is 376 g/mol. The van der Waals surface area contributed by atoms with Gasteiger partial charge in [0.1, 0.15) is 11.8 Å². The lowest BCUT2D eigenvalue weighted by atomic mass is 10.1. The first kappa shape index (κ1) is 21.8. The molecule has 0 bridgehead atoms. The third kappa shape index (κ3) is 5.04. The van der Waals surface area contributed by atoms with E-state index in [4.69, 9.17) is 4.74 Å². The van der Waals surface area contributed by atoms with E-state index in [0.717, 1.165) is 28.1 Å². The van der Waals surface area contributed by atoms with Crippen LogP contribution in [-0.2, 0) is 21.2 Å². The van der Waals surface area contributed by atoms with Crippen molar-refractivity contribution in [2.45, 2.75) is 39.3 Å². The van der Waals surface area contributed by atoms with Crippen LogP contribution in [0.4, 0.5) is 5.69 Å². The van der Waals surface area contributed by atoms with Gasteiger partial charge in [0.2, 0.25) is 15.9 Å². The molecule has 7 heteroatoms. The van der Waals surface area contributed by atoms with Crippen LogP contribution in [0.2, 0.25) is 0 Å². The fourth-order valence-electron chi connectivity index (χ4n) is 3.12. The van der Waals surface area contributed by atoms with Gasteiger partial charge in [-0.1, -0.05) is 37.3 Å². The van der Waals surface area contributed by atoms with E-state index in [1.54, 1.807) is 26.2 Å². The maximum Gasteiger partial charge on any atom is 0.244 e. The van der Waals surface area contributed by atoms with E-state index in [2.05, 4.69) is 5.32 Å². The molecule has 0 aliphatic rings. The number of benzene rings is 2. The van der Waals surface area contributed by atoms with Gasteiger partial charge in [-0.2, -0.15) is 0 Å². The van der Waals surface area contributed by atoms with Crippen LogP contribution in [0.3, 0.4) is 0 Å². The Balaban J connectivity index is 2.26. The van der Waals surface area contributed by atoms with Gasteiger partial charge in [-0.3, -0.25) is 9.10 Å². The highest BCUT2D eigenvalue weighted by Gasteiger charge is 2.30. The normalized spacial score (nSPS) is 13.5. The molecule has 6 nitrogen and oxygen atoms in total. The Hall–Kier alpha value is -2.54. The van der Waals surface area contributed by atoms with E-state index in [1.165, 1.54) is 0 Å². The fraction of sp³-hybridized carbons (Fsp3) is 0.381. The number of hydrogen-bond donors (Lipinski definition) is 1. The summed E-state index contributed by atoms with van der Waals surface area (Å²) in [4.78, 5) is 12.9. The second-order valence-corrected chi connectivity index (χ2v) is 8.59. The lowest BCUT2D eigenvalue weighted by molar-refractivity contribution is -0.122. The Kier molecular flexibility index (Phi) is 7.07. The van der Waals surface area contributed by atoms with Gasteiger partial charge in [0.25, 0.3) is 0 Å². The molecule has 2 aromatic rings. The molecule has 0 aliphatic heterocycles. The molecule has 1 amide bonds. The average Bonchev–Trinajstić information content (AvgIpc) is 2.67. The Morgan fingerprint density at radius 2 is 1.71 bits per heavy atom. The summed E-state index contributed by atoms with van der Waals surface area (Å²) in [5, 5.41) is 2.89. The number of amides is 1. The number of methoxy groups -OCH3 is 1. The minimum atomic E-state index is -3.65. The van der Waals surface area contributed by atoms with Crippen molar-refractivity contribution in [1.82, 2.24) is 5.32 Å². The van der Waals surface area contributed by atoms with E-state index in [0.29, 0.717) is 11.4 Å². The summed E-state index contributed by atoms with van der Waals surface area (Å²) < 4.78 is 31.3. The van der Waals surface area contributed by atoms with Gasteiger partial charge >= 0.3 is 0 Å². The molecule has 28 heavy (non-hydrogen) atoms. The number of ether oxygens (including phenoxy) is 1. The lowest BCUT2D eigenvalue weighted by Gasteiger charge is -2.29. The molecule has 0 radical (unpaired) electrons. The summed E-state index contributed by atoms with van der Waals surface area (Å²) in [6, 6.07) is 13.4. The second kappa shape index (κ2) is 9.10. The number of carbonyl (C=O) groups is 1. The number of nitrogens with one attached hydrogen (secondary N) is 1. The zero-order chi connectivity index (χ0) is 20.9. The van der Waals surface area contributed by atoms with Crippen molar-refractivity contribution in [3.8, 4) is 5.75 Å². The van der Waals surface area contributed by atoms with Crippen LogP contribution in [-0.4, -0.2) is 33.7 Å². The zero-order valence-electron chi connectivity index (χ0n) is 17.0. The van der Waals surface area contributed by atoms with Crippen molar-refractivity contribution in [2.75, 3.05) is 17.7 Å². The quantitative estimate of drug-likeness (QED) is 0.733. The molecule has 2 atom stereocenters. The topological polar surface area (TPSA) is 75.7 Å². The van der Waals surface area contributed by atoms with Gasteiger partial charge in [0.05, 0.1) is 25.1 Å². The van der Waals surface area contributed by atoms with Crippen LogP contribution in [0.1, 0.15) is 37.9 Å². The molecule has 0 heterocycles. The highest BCUT2D eigenvalue weighted by Crippen LogP contribution is 2.26. The molecule has 0 saturated heterocycles. The van der Waals surface area contributed by atoms with Crippen LogP contribution < -0.4 is 14.4 Å². The second-order valence-electron chi connectivity index (χ2n) is 6.73. The molecule has 0 fully saturated rings. The number of nitrogens with zero attached hydrogens (tertiary/aromatic N) is 1. The largest absolute Gasteiger partial charge is 0.496 e. The van der Waals surface area contributed by atoms with Gasteiger partial charge in [-0.05, 0) is 44.0 Å². The Morgan fingerprint density at radius 1 is 1.11 bits per heavy atom. The first-order valence-corrected chi connectivity index (χ1v) is 11.1. The Bertz CT molecular complexity index is 910. The van der Waals surface area contributed by atoms with Gasteiger partial charge in [0, 0.05) is 5.56 Å². The number of sulfonamides is 1. The van der Waals surface area contributed by atoms with Gasteiger partial charge < -0.3 is 10.1 Å². The SMILES string of the molecule is CCc1ccc(N(C(C)C(=O)NC(C)c2ccccc2OC)S(C)(=O)=O)cc1. The zero-order valence-corrected chi connectivity index (χ0v) is 17.8. The van der Waals surface area contributed by atoms with Crippen LogP contribution in [0.15, 0.2) is 48.5 Å². The van der Waals surface area contributed by atoms with E-state index in [9.17, 15) is 13.2 Å². The summed E-state index contributed by atoms with van der Waals surface area (Å²) in [6.07, 6.45) is 1.96. The first-order valence-electron chi connectivity index (χ1n) is 9.20. The number of aryl methyl sites for hydroxylation is 1. The molecule has 0 saturated carbocycles. The molecule has 152 valence electrons. The standard InChI is InChI=1S/C21H28N2O4S/c1-6-17-11-13-18(14-12-17)23(28(5,25)26)16(3)21(24)22-15(2)19-9-7-8-10-20(19)27-4/h7-16H,6H2,1-5H3,(H,22,24). The Labute approximate surface area is 167 Å². The maximum atomic E-state index is 12.9. The molecule has 2 rings (SSSR count). The summed E-state index contributed by atoms with van der Waals surface area (Å²) in [7, 11) is -2.08. The van der Waals surface area contributed by atoms with Crippen LogP contribution in [0, 0.1) is 0 Å². The number of carbonyl (C=O) groups excluding carboxylic acids is 1. The molecule has 0 aromatic heterocycles. The molecule has 0 aliphatic carbocycles. The summed E-state index contributed by atoms with van der Waals surface area (Å²) in [5.41, 5.74) is 2.38. The smallest absolute Gasteiger partial charge is 0.244 e. The number of para-hydroxylation sites is 1. The Morgan fingerprint density at radius 3 is 2.25 bits per heavy atom. The van der Waals surface area contributed by atoms with Crippen LogP contribution in [0.5, 0.6) is 5.75 Å². The van der Waals surface area contributed by atoms with E-state index >= 15 is 0 Å². The van der Waals surface area contributed by atoms with Crippen LogP contribution in [0.25, 0.3) is 0 Å². The minimum Gasteiger partial charge on any atom is -0.496 e. The third-order valence-electron chi connectivity index (χ3n) is 4.65.